The van der Waals surface area contributed by atoms with E-state index < -0.39 is 0 Å². The summed E-state index contributed by atoms with van der Waals surface area (Å²) in [6.07, 6.45) is 0. The average Bonchev–Trinajstić information content (AvgIpc) is 2.81. The van der Waals surface area contributed by atoms with Gasteiger partial charge < -0.3 is 19.1 Å². The molecule has 0 aromatic heterocycles. The van der Waals surface area contributed by atoms with Gasteiger partial charge in [0, 0.05) is 20.2 Å². The van der Waals surface area contributed by atoms with Gasteiger partial charge in [-0.05, 0) is 22.3 Å². The third kappa shape index (κ3) is 4.38. The van der Waals surface area contributed by atoms with Gasteiger partial charge in [0.15, 0.2) is 0 Å². The zero-order valence-electron chi connectivity index (χ0n) is 14.5. The molecule has 3 rings (SSSR count). The second-order valence-electron chi connectivity index (χ2n) is 5.93. The first-order valence-electron chi connectivity index (χ1n) is 8.48. The minimum absolute atomic E-state index is 0.182. The van der Waals surface area contributed by atoms with Crippen molar-refractivity contribution < 1.29 is 14.2 Å². The number of ether oxygens (including phenoxy) is 3. The summed E-state index contributed by atoms with van der Waals surface area (Å²) in [5.74, 6) is 0. The van der Waals surface area contributed by atoms with E-state index in [1.54, 1.807) is 7.11 Å². The first-order chi connectivity index (χ1) is 12.3. The van der Waals surface area contributed by atoms with Gasteiger partial charge in [0.25, 0.3) is 6.02 Å². The van der Waals surface area contributed by atoms with Crippen LogP contribution in [0, 0.1) is 5.41 Å². The maximum absolute atomic E-state index is 8.30. The molecule has 2 aromatic carbocycles. The van der Waals surface area contributed by atoms with E-state index in [2.05, 4.69) is 36.4 Å². The largest absolute Gasteiger partial charge is 0.463 e. The maximum atomic E-state index is 8.30. The molecule has 0 aliphatic carbocycles. The summed E-state index contributed by atoms with van der Waals surface area (Å²) in [5, 5.41) is 8.30. The standard InChI is InChI=1S/C20H24N2O3/c1-23-10-11-24-12-13-25-20(21)22-14-16-6-2-4-8-18(16)19-9-5-3-7-17(19)15-22/h2-9,21H,10-15H2,1H3. The predicted octanol–water partition coefficient (Wildman–Crippen LogP) is 3.28. The van der Waals surface area contributed by atoms with Crippen LogP contribution in [0.1, 0.15) is 11.1 Å². The number of rotatable bonds is 6. The summed E-state index contributed by atoms with van der Waals surface area (Å²) in [4.78, 5) is 1.96. The topological polar surface area (TPSA) is 54.8 Å². The van der Waals surface area contributed by atoms with Crippen LogP contribution in [0.4, 0.5) is 0 Å². The number of fused-ring (bicyclic) bond motifs is 3. The van der Waals surface area contributed by atoms with E-state index in [0.717, 1.165) is 0 Å². The van der Waals surface area contributed by atoms with Crippen LogP contribution in [0.25, 0.3) is 11.1 Å². The molecule has 0 saturated heterocycles. The smallest absolute Gasteiger partial charge is 0.285 e. The molecule has 2 aromatic rings. The van der Waals surface area contributed by atoms with Gasteiger partial charge in [-0.25, -0.2) is 0 Å². The van der Waals surface area contributed by atoms with Gasteiger partial charge in [-0.2, -0.15) is 0 Å². The molecule has 0 unspecified atom stereocenters. The van der Waals surface area contributed by atoms with Crippen LogP contribution in [0.3, 0.4) is 0 Å². The number of benzene rings is 2. The van der Waals surface area contributed by atoms with Crippen molar-refractivity contribution in [1.82, 2.24) is 4.90 Å². The maximum Gasteiger partial charge on any atom is 0.285 e. The molecule has 1 N–H and O–H groups in total. The van der Waals surface area contributed by atoms with Crippen molar-refractivity contribution in [3.63, 3.8) is 0 Å². The van der Waals surface area contributed by atoms with E-state index >= 15 is 0 Å². The Labute approximate surface area is 148 Å². The number of methoxy groups -OCH3 is 1. The van der Waals surface area contributed by atoms with Gasteiger partial charge in [0.05, 0.1) is 19.8 Å². The molecule has 0 radical (unpaired) electrons. The Bertz CT molecular complexity index is 670. The third-order valence-electron chi connectivity index (χ3n) is 4.23. The van der Waals surface area contributed by atoms with Crippen LogP contribution in [0.2, 0.25) is 0 Å². The fraction of sp³-hybridized carbons (Fsp3) is 0.350. The van der Waals surface area contributed by atoms with Crippen LogP contribution in [-0.2, 0) is 27.3 Å². The van der Waals surface area contributed by atoms with E-state index in [-0.39, 0.29) is 6.02 Å². The fourth-order valence-corrected chi connectivity index (χ4v) is 2.99. The number of hydrogen-bond acceptors (Lipinski definition) is 4. The van der Waals surface area contributed by atoms with E-state index in [4.69, 9.17) is 19.6 Å². The Morgan fingerprint density at radius 1 is 0.880 bits per heavy atom. The highest BCUT2D eigenvalue weighted by Gasteiger charge is 2.21. The quantitative estimate of drug-likeness (QED) is 0.498. The average molecular weight is 340 g/mol. The monoisotopic (exact) mass is 340 g/mol. The number of nitrogens with zero attached hydrogens (tertiary/aromatic N) is 1. The highest BCUT2D eigenvalue weighted by molar-refractivity contribution is 5.76. The second kappa shape index (κ2) is 8.65. The van der Waals surface area contributed by atoms with Crippen molar-refractivity contribution in [2.75, 3.05) is 33.5 Å². The Morgan fingerprint density at radius 3 is 2.04 bits per heavy atom. The SMILES string of the molecule is COCCOCCOC(=N)N1Cc2ccccc2-c2ccccc2C1. The summed E-state index contributed by atoms with van der Waals surface area (Å²) in [6, 6.07) is 16.9. The van der Waals surface area contributed by atoms with Gasteiger partial charge >= 0.3 is 0 Å². The molecular weight excluding hydrogens is 316 g/mol. The summed E-state index contributed by atoms with van der Waals surface area (Å²) in [7, 11) is 1.64. The van der Waals surface area contributed by atoms with Gasteiger partial charge in [-0.1, -0.05) is 48.5 Å². The highest BCUT2D eigenvalue weighted by atomic mass is 16.5. The lowest BCUT2D eigenvalue weighted by Crippen LogP contribution is -2.31. The highest BCUT2D eigenvalue weighted by Crippen LogP contribution is 2.32. The van der Waals surface area contributed by atoms with Crippen molar-refractivity contribution in [2.45, 2.75) is 13.1 Å². The van der Waals surface area contributed by atoms with Crippen molar-refractivity contribution in [3.8, 4) is 11.1 Å². The predicted molar refractivity (Wildman–Crippen MR) is 97.5 cm³/mol. The molecule has 25 heavy (non-hydrogen) atoms. The molecule has 1 aliphatic heterocycles. The number of nitrogens with one attached hydrogen (secondary N) is 1. The van der Waals surface area contributed by atoms with Crippen LogP contribution in [0.5, 0.6) is 0 Å². The van der Waals surface area contributed by atoms with Gasteiger partial charge in [0.1, 0.15) is 6.61 Å². The van der Waals surface area contributed by atoms with Crippen molar-refractivity contribution in [1.29, 1.82) is 5.41 Å². The molecule has 0 atom stereocenters. The van der Waals surface area contributed by atoms with E-state index in [9.17, 15) is 0 Å². The lowest BCUT2D eigenvalue weighted by Gasteiger charge is -2.23. The normalized spacial score (nSPS) is 12.9. The number of hydrogen-bond donors (Lipinski definition) is 1. The van der Waals surface area contributed by atoms with Crippen LogP contribution < -0.4 is 0 Å². The summed E-state index contributed by atoms with van der Waals surface area (Å²) < 4.78 is 15.9. The summed E-state index contributed by atoms with van der Waals surface area (Å²) in [5.41, 5.74) is 4.88. The van der Waals surface area contributed by atoms with E-state index in [0.29, 0.717) is 39.5 Å². The lowest BCUT2D eigenvalue weighted by molar-refractivity contribution is 0.0479. The van der Waals surface area contributed by atoms with Crippen molar-refractivity contribution >= 4 is 6.02 Å². The molecule has 1 aliphatic rings. The molecule has 0 fully saturated rings. The summed E-state index contributed by atoms with van der Waals surface area (Å²) >= 11 is 0. The van der Waals surface area contributed by atoms with Gasteiger partial charge in [-0.3, -0.25) is 5.41 Å². The Hall–Kier alpha value is -2.37. The molecule has 0 saturated carbocycles. The van der Waals surface area contributed by atoms with Crippen LogP contribution in [-0.4, -0.2) is 44.5 Å². The molecule has 0 amide bonds. The molecule has 132 valence electrons. The van der Waals surface area contributed by atoms with E-state index in [1.807, 2.05) is 17.0 Å². The van der Waals surface area contributed by atoms with Gasteiger partial charge in [-0.15, -0.1) is 0 Å². The zero-order chi connectivity index (χ0) is 17.5. The first-order valence-corrected chi connectivity index (χ1v) is 8.48. The molecule has 0 bridgehead atoms. The molecular formula is C20H24N2O3. The second-order valence-corrected chi connectivity index (χ2v) is 5.93. The molecule has 1 heterocycles. The van der Waals surface area contributed by atoms with E-state index in [1.165, 1.54) is 22.3 Å². The molecule has 5 nitrogen and oxygen atoms in total. The minimum atomic E-state index is 0.182. The minimum Gasteiger partial charge on any atom is -0.463 e. The number of amidine groups is 1. The summed E-state index contributed by atoms with van der Waals surface area (Å²) in [6.45, 7) is 3.24. The van der Waals surface area contributed by atoms with Crippen molar-refractivity contribution in [3.05, 3.63) is 59.7 Å². The molecule has 0 spiro atoms. The third-order valence-corrected chi connectivity index (χ3v) is 4.23. The van der Waals surface area contributed by atoms with Crippen LogP contribution >= 0.6 is 0 Å². The Balaban J connectivity index is 1.67. The lowest BCUT2D eigenvalue weighted by atomic mass is 9.97. The Kier molecular flexibility index (Phi) is 6.04. The fourth-order valence-electron chi connectivity index (χ4n) is 2.99. The van der Waals surface area contributed by atoms with Gasteiger partial charge in [0.2, 0.25) is 0 Å². The van der Waals surface area contributed by atoms with Crippen LogP contribution in [0.15, 0.2) is 48.5 Å². The zero-order valence-corrected chi connectivity index (χ0v) is 14.5. The molecule has 5 heteroatoms. The Morgan fingerprint density at radius 2 is 1.44 bits per heavy atom. The first kappa shape index (κ1) is 17.5. The van der Waals surface area contributed by atoms with Crippen molar-refractivity contribution in [2.24, 2.45) is 0 Å².